The number of halogens is 1. The molecule has 2 aromatic rings. The molecule has 2 N–H and O–H groups in total. The van der Waals surface area contributed by atoms with Gasteiger partial charge >= 0.3 is 0 Å². The molecule has 0 aliphatic carbocycles. The summed E-state index contributed by atoms with van der Waals surface area (Å²) in [6.45, 7) is 0.478. The molecule has 28 heavy (non-hydrogen) atoms. The molecule has 1 saturated heterocycles. The maximum Gasteiger partial charge on any atom is 0.244 e. The van der Waals surface area contributed by atoms with E-state index in [0.717, 1.165) is 4.47 Å². The summed E-state index contributed by atoms with van der Waals surface area (Å²) < 4.78 is 37.2. The van der Waals surface area contributed by atoms with Gasteiger partial charge in [0.2, 0.25) is 5.91 Å². The Balaban J connectivity index is 1.85. The second kappa shape index (κ2) is 8.60. The van der Waals surface area contributed by atoms with Crippen molar-refractivity contribution in [2.24, 2.45) is 0 Å². The van der Waals surface area contributed by atoms with Crippen LogP contribution in [0.1, 0.15) is 19.3 Å². The topological polar surface area (TPSA) is 102 Å². The molecule has 0 aromatic heterocycles. The van der Waals surface area contributed by atoms with Gasteiger partial charge in [0.25, 0.3) is 0 Å². The predicted molar refractivity (Wildman–Crippen MR) is 105 cm³/mol. The van der Waals surface area contributed by atoms with Crippen LogP contribution in [0.3, 0.4) is 0 Å². The van der Waals surface area contributed by atoms with Crippen LogP contribution < -0.4 is 10.2 Å². The van der Waals surface area contributed by atoms with E-state index in [-0.39, 0.29) is 37.4 Å². The monoisotopic (exact) mass is 469 g/mol. The fraction of sp³-hybridized carbons (Fsp3) is 0.316. The van der Waals surface area contributed by atoms with Crippen LogP contribution in [0.25, 0.3) is 0 Å². The number of sulfone groups is 1. The molecule has 0 bridgehead atoms. The molecule has 1 fully saturated rings. The van der Waals surface area contributed by atoms with E-state index in [9.17, 15) is 13.2 Å². The summed E-state index contributed by atoms with van der Waals surface area (Å²) in [5.74, 6) is 0.385. The Bertz CT molecular complexity index is 922. The molecule has 3 rings (SSSR count). The highest BCUT2D eigenvalue weighted by Gasteiger charge is 2.47. The Hall–Kier alpha value is -1.94. The van der Waals surface area contributed by atoms with Crippen LogP contribution in [-0.2, 0) is 19.4 Å². The van der Waals surface area contributed by atoms with Crippen molar-refractivity contribution in [3.05, 3.63) is 53.0 Å². The lowest BCUT2D eigenvalue weighted by molar-refractivity contribution is -0.130. The highest BCUT2D eigenvalue weighted by Crippen LogP contribution is 2.38. The lowest BCUT2D eigenvalue weighted by atomic mass is 9.95. The highest BCUT2D eigenvalue weighted by molar-refractivity contribution is 9.10. The van der Waals surface area contributed by atoms with Crippen molar-refractivity contribution in [2.45, 2.75) is 28.9 Å². The molecule has 1 heterocycles. The van der Waals surface area contributed by atoms with Crippen LogP contribution in [0, 0.1) is 0 Å². The van der Waals surface area contributed by atoms with Crippen molar-refractivity contribution < 1.29 is 27.9 Å². The van der Waals surface area contributed by atoms with Crippen molar-refractivity contribution in [3.8, 4) is 11.5 Å². The first-order valence-electron chi connectivity index (χ1n) is 8.65. The molecule has 1 aliphatic rings. The van der Waals surface area contributed by atoms with E-state index in [0.29, 0.717) is 11.5 Å². The molecule has 150 valence electrons. The second-order valence-electron chi connectivity index (χ2n) is 6.54. The van der Waals surface area contributed by atoms with Crippen molar-refractivity contribution in [1.82, 2.24) is 5.48 Å². The molecule has 9 heteroatoms. The zero-order valence-corrected chi connectivity index (χ0v) is 17.3. The minimum Gasteiger partial charge on any atom is -0.457 e. The quantitative estimate of drug-likeness (QED) is 0.496. The predicted octanol–water partition coefficient (Wildman–Crippen LogP) is 3.46. The SMILES string of the molecule is O=C(CC1(S(=O)(=O)c2ccc(Oc3ccc(Br)cc3)cc2)CCOCC1)NO. The number of nitrogens with one attached hydrogen (secondary N) is 1. The van der Waals surface area contributed by atoms with E-state index in [1.807, 2.05) is 12.1 Å². The van der Waals surface area contributed by atoms with E-state index < -0.39 is 20.5 Å². The zero-order valence-electron chi connectivity index (χ0n) is 14.9. The van der Waals surface area contributed by atoms with Crippen molar-refractivity contribution in [2.75, 3.05) is 13.2 Å². The van der Waals surface area contributed by atoms with Crippen molar-refractivity contribution in [1.29, 1.82) is 0 Å². The summed E-state index contributed by atoms with van der Waals surface area (Å²) in [7, 11) is -3.84. The van der Waals surface area contributed by atoms with Crippen LogP contribution in [0.5, 0.6) is 11.5 Å². The molecular formula is C19H20BrNO6S. The van der Waals surface area contributed by atoms with Gasteiger partial charge in [0.05, 0.1) is 9.64 Å². The smallest absolute Gasteiger partial charge is 0.244 e. The summed E-state index contributed by atoms with van der Waals surface area (Å²) in [5.41, 5.74) is 1.53. The van der Waals surface area contributed by atoms with Gasteiger partial charge in [-0.15, -0.1) is 0 Å². The van der Waals surface area contributed by atoms with Gasteiger partial charge in [-0.3, -0.25) is 10.0 Å². The van der Waals surface area contributed by atoms with Gasteiger partial charge < -0.3 is 9.47 Å². The van der Waals surface area contributed by atoms with Crippen molar-refractivity contribution >= 4 is 31.7 Å². The molecule has 0 atom stereocenters. The van der Waals surface area contributed by atoms with Gasteiger partial charge in [-0.05, 0) is 61.4 Å². The zero-order chi connectivity index (χ0) is 20.2. The van der Waals surface area contributed by atoms with Crippen molar-refractivity contribution in [3.63, 3.8) is 0 Å². The summed E-state index contributed by atoms with van der Waals surface area (Å²) in [6, 6.07) is 13.4. The van der Waals surface area contributed by atoms with Gasteiger partial charge in [0, 0.05) is 24.1 Å². The largest absolute Gasteiger partial charge is 0.457 e. The van der Waals surface area contributed by atoms with Gasteiger partial charge in [-0.2, -0.15) is 0 Å². The molecule has 1 aliphatic heterocycles. The maximum atomic E-state index is 13.3. The number of carbonyl (C=O) groups excluding carboxylic acids is 1. The Kier molecular flexibility index (Phi) is 6.39. The molecule has 0 spiro atoms. The molecule has 1 amide bonds. The molecule has 0 radical (unpaired) electrons. The number of hydrogen-bond donors (Lipinski definition) is 2. The summed E-state index contributed by atoms with van der Waals surface area (Å²) in [4.78, 5) is 11.9. The minimum atomic E-state index is -3.84. The van der Waals surface area contributed by atoms with Crippen LogP contribution in [0.15, 0.2) is 57.9 Å². The van der Waals surface area contributed by atoms with Crippen LogP contribution in [0.4, 0.5) is 0 Å². The summed E-state index contributed by atoms with van der Waals surface area (Å²) in [5, 5.41) is 8.86. The first-order valence-corrected chi connectivity index (χ1v) is 10.9. The lowest BCUT2D eigenvalue weighted by Crippen LogP contribution is -2.47. The summed E-state index contributed by atoms with van der Waals surface area (Å²) >= 11 is 3.35. The fourth-order valence-electron chi connectivity index (χ4n) is 3.19. The number of hydrogen-bond acceptors (Lipinski definition) is 6. The summed E-state index contributed by atoms with van der Waals surface area (Å²) in [6.07, 6.45) is 0.0339. The third-order valence-electron chi connectivity index (χ3n) is 4.76. The van der Waals surface area contributed by atoms with E-state index in [4.69, 9.17) is 14.7 Å². The van der Waals surface area contributed by atoms with Crippen LogP contribution in [-0.4, -0.2) is 37.5 Å². The Labute approximate surface area is 171 Å². The number of benzene rings is 2. The standard InChI is InChI=1S/C19H20BrNO6S/c20-14-1-3-15(4-2-14)27-16-5-7-17(8-6-16)28(24,25)19(13-18(22)21-23)9-11-26-12-10-19/h1-8,23H,9-13H2,(H,21,22). The average Bonchev–Trinajstić information content (AvgIpc) is 2.70. The maximum absolute atomic E-state index is 13.3. The van der Waals surface area contributed by atoms with E-state index >= 15 is 0 Å². The van der Waals surface area contributed by atoms with E-state index in [2.05, 4.69) is 15.9 Å². The lowest BCUT2D eigenvalue weighted by Gasteiger charge is -2.35. The number of rotatable bonds is 6. The van der Waals surface area contributed by atoms with Gasteiger partial charge in [0.15, 0.2) is 9.84 Å². The average molecular weight is 470 g/mol. The number of ether oxygens (including phenoxy) is 2. The highest BCUT2D eigenvalue weighted by atomic mass is 79.9. The third kappa shape index (κ3) is 4.38. The second-order valence-corrected chi connectivity index (χ2v) is 9.80. The third-order valence-corrected chi connectivity index (χ3v) is 7.88. The number of carbonyl (C=O) groups is 1. The Morgan fingerprint density at radius 3 is 2.14 bits per heavy atom. The molecule has 7 nitrogen and oxygen atoms in total. The van der Waals surface area contributed by atoms with Crippen LogP contribution >= 0.6 is 15.9 Å². The van der Waals surface area contributed by atoms with Gasteiger partial charge in [-0.1, -0.05) is 15.9 Å². The Morgan fingerprint density at radius 2 is 1.61 bits per heavy atom. The molecule has 0 saturated carbocycles. The molecular weight excluding hydrogens is 450 g/mol. The Morgan fingerprint density at radius 1 is 1.07 bits per heavy atom. The van der Waals surface area contributed by atoms with E-state index in [1.54, 1.807) is 24.3 Å². The normalized spacial score (nSPS) is 16.4. The first-order chi connectivity index (χ1) is 13.4. The van der Waals surface area contributed by atoms with Gasteiger partial charge in [-0.25, -0.2) is 13.9 Å². The van der Waals surface area contributed by atoms with E-state index in [1.165, 1.54) is 17.6 Å². The number of amides is 1. The molecule has 2 aromatic carbocycles. The van der Waals surface area contributed by atoms with Crippen LogP contribution in [0.2, 0.25) is 0 Å². The first kappa shape index (κ1) is 20.8. The van der Waals surface area contributed by atoms with Gasteiger partial charge in [0.1, 0.15) is 11.5 Å². The minimum absolute atomic E-state index is 0.100. The fourth-order valence-corrected chi connectivity index (χ4v) is 5.48. The molecule has 0 unspecified atom stereocenters. The number of hydroxylamine groups is 1.